The number of nitrogen functional groups attached to an aromatic ring is 3. The normalized spacial score (nSPS) is 12.0. The van der Waals surface area contributed by atoms with E-state index in [0.717, 1.165) is 18.2 Å². The highest BCUT2D eigenvalue weighted by atomic mass is 32.2. The molecule has 1 heterocycles. The molecular formula is C25H24N6O10S3. The molecule has 232 valence electrons. The zero-order chi connectivity index (χ0) is 32.6. The van der Waals surface area contributed by atoms with E-state index in [2.05, 4.69) is 15.8 Å². The van der Waals surface area contributed by atoms with Gasteiger partial charge in [0.15, 0.2) is 0 Å². The molecular weight excluding hydrogens is 641 g/mol. The number of aromatic nitrogens is 1. The van der Waals surface area contributed by atoms with E-state index in [0.29, 0.717) is 28.0 Å². The number of nitrogens with one attached hydrogen (secondary N) is 2. The fourth-order valence-electron chi connectivity index (χ4n) is 4.04. The zero-order valence-corrected chi connectivity index (χ0v) is 24.5. The van der Waals surface area contributed by atoms with Gasteiger partial charge in [0.25, 0.3) is 30.4 Å². The molecule has 0 aliphatic heterocycles. The van der Waals surface area contributed by atoms with Crippen LogP contribution in [0.25, 0.3) is 21.5 Å². The predicted molar refractivity (Wildman–Crippen MR) is 164 cm³/mol. The van der Waals surface area contributed by atoms with E-state index in [1.165, 1.54) is 12.1 Å². The number of rotatable bonds is 6. The van der Waals surface area contributed by atoms with E-state index in [1.807, 2.05) is 6.07 Å². The Morgan fingerprint density at radius 3 is 1.89 bits per heavy atom. The lowest BCUT2D eigenvalue weighted by Crippen LogP contribution is -2.10. The van der Waals surface area contributed by atoms with Gasteiger partial charge in [-0.25, -0.2) is 4.98 Å². The maximum absolute atomic E-state index is 11.3. The van der Waals surface area contributed by atoms with Gasteiger partial charge in [-0.3, -0.25) is 24.5 Å². The number of phenolic OH excluding ortho intramolecular Hbond substituents is 1. The van der Waals surface area contributed by atoms with Crippen LogP contribution in [0, 0.1) is 0 Å². The van der Waals surface area contributed by atoms with Gasteiger partial charge in [0, 0.05) is 28.0 Å². The molecule has 12 N–H and O–H groups in total. The lowest BCUT2D eigenvalue weighted by Gasteiger charge is -2.13. The fraction of sp³-hybridized carbons (Fsp3) is 0. The van der Waals surface area contributed by atoms with E-state index in [1.54, 1.807) is 36.5 Å². The molecule has 4 aromatic carbocycles. The Morgan fingerprint density at radius 2 is 1.30 bits per heavy atom. The molecule has 0 fully saturated rings. The summed E-state index contributed by atoms with van der Waals surface area (Å²) in [4.78, 5) is 2.47. The third-order valence-corrected chi connectivity index (χ3v) is 8.76. The number of fused-ring (bicyclic) bond motifs is 2. The molecule has 5 aromatic rings. The van der Waals surface area contributed by atoms with Crippen LogP contribution in [0.5, 0.6) is 5.75 Å². The third-order valence-electron chi connectivity index (χ3n) is 6.11. The van der Waals surface area contributed by atoms with Gasteiger partial charge in [-0.05, 0) is 60.0 Å². The van der Waals surface area contributed by atoms with Gasteiger partial charge < -0.3 is 22.3 Å². The van der Waals surface area contributed by atoms with Crippen LogP contribution in [0.3, 0.4) is 0 Å². The number of anilines is 5. The van der Waals surface area contributed by atoms with Gasteiger partial charge in [0.05, 0.1) is 22.0 Å². The van der Waals surface area contributed by atoms with Gasteiger partial charge in [0.2, 0.25) is 0 Å². The van der Waals surface area contributed by atoms with E-state index in [9.17, 15) is 30.4 Å². The Labute approximate surface area is 250 Å². The molecule has 0 saturated carbocycles. The standard InChI is InChI=1S/C15H14N4O3S.C10H10N2O7S2/c16-13-6-7-14(18-19-15-3-1-2-8-17-15)11-5-4-10(9-12(11)13)23(20,21)22;11-6-3-5-4(1-7(6)20(14,15)16)2-8(21(17,18)19)9(12)10(5)13/h1-9,18H,16H2,(H,17,19)(H,20,21,22);1-3,13H,11-12H2,(H,14,15,16)(H,17,18,19). The smallest absolute Gasteiger partial charge is 0.296 e. The molecule has 19 heteroatoms. The Balaban J connectivity index is 0.000000202. The van der Waals surface area contributed by atoms with Gasteiger partial charge in [-0.1, -0.05) is 12.1 Å². The number of nitrogens with zero attached hydrogens (tertiary/aromatic N) is 1. The highest BCUT2D eigenvalue weighted by molar-refractivity contribution is 7.86. The van der Waals surface area contributed by atoms with Gasteiger partial charge >= 0.3 is 0 Å². The average Bonchev–Trinajstić information content (AvgIpc) is 2.94. The topological polar surface area (TPSA) is 298 Å². The van der Waals surface area contributed by atoms with Crippen molar-refractivity contribution in [2.75, 3.05) is 28.1 Å². The minimum atomic E-state index is -4.73. The Morgan fingerprint density at radius 1 is 0.636 bits per heavy atom. The molecule has 1 aromatic heterocycles. The van der Waals surface area contributed by atoms with Gasteiger partial charge in [-0.2, -0.15) is 25.3 Å². The summed E-state index contributed by atoms with van der Waals surface area (Å²) in [6.07, 6.45) is 1.66. The predicted octanol–water partition coefficient (Wildman–Crippen LogP) is 2.71. The highest BCUT2D eigenvalue weighted by Gasteiger charge is 2.22. The Bertz CT molecular complexity index is 2240. The minimum Gasteiger partial charge on any atom is -0.505 e. The molecule has 0 bridgehead atoms. The second-order valence-corrected chi connectivity index (χ2v) is 13.2. The van der Waals surface area contributed by atoms with Crippen LogP contribution in [0.15, 0.2) is 87.6 Å². The van der Waals surface area contributed by atoms with Gasteiger partial charge in [0.1, 0.15) is 21.4 Å². The summed E-state index contributed by atoms with van der Waals surface area (Å²) >= 11 is 0. The molecule has 0 amide bonds. The SMILES string of the molecule is Nc1cc2c(O)c(N)c(S(=O)(=O)O)cc2cc1S(=O)(=O)O.Nc1ccc(NNc2ccccn2)c2ccc(S(=O)(=O)O)cc12. The second-order valence-electron chi connectivity index (χ2n) is 9.05. The lowest BCUT2D eigenvalue weighted by atomic mass is 10.1. The number of phenols is 1. The molecule has 5 rings (SSSR count). The summed E-state index contributed by atoms with van der Waals surface area (Å²) in [5, 5.41) is 10.9. The number of nitrogens with two attached hydrogens (primary N) is 3. The molecule has 0 radical (unpaired) electrons. The summed E-state index contributed by atoms with van der Waals surface area (Å²) < 4.78 is 94.4. The summed E-state index contributed by atoms with van der Waals surface area (Å²) in [6.45, 7) is 0. The maximum Gasteiger partial charge on any atom is 0.296 e. The largest absolute Gasteiger partial charge is 0.505 e. The number of benzene rings is 4. The second kappa shape index (κ2) is 11.6. The summed E-state index contributed by atoms with van der Waals surface area (Å²) in [7, 11) is -13.7. The third kappa shape index (κ3) is 6.83. The van der Waals surface area contributed by atoms with Crippen LogP contribution in [0.1, 0.15) is 0 Å². The molecule has 0 spiro atoms. The monoisotopic (exact) mass is 664 g/mol. The van der Waals surface area contributed by atoms with Gasteiger partial charge in [-0.15, -0.1) is 0 Å². The maximum atomic E-state index is 11.3. The highest BCUT2D eigenvalue weighted by Crippen LogP contribution is 2.39. The first-order chi connectivity index (χ1) is 20.4. The number of aromatic hydroxyl groups is 1. The lowest BCUT2D eigenvalue weighted by molar-refractivity contribution is 0.473. The zero-order valence-electron chi connectivity index (χ0n) is 22.1. The van der Waals surface area contributed by atoms with Crippen molar-refractivity contribution in [2.24, 2.45) is 0 Å². The van der Waals surface area contributed by atoms with Crippen molar-refractivity contribution in [1.82, 2.24) is 4.98 Å². The van der Waals surface area contributed by atoms with Crippen molar-refractivity contribution >= 4 is 80.5 Å². The first-order valence-corrected chi connectivity index (χ1v) is 16.2. The fourth-order valence-corrected chi connectivity index (χ4v) is 5.83. The first kappa shape index (κ1) is 32.0. The molecule has 0 saturated heterocycles. The van der Waals surface area contributed by atoms with E-state index >= 15 is 0 Å². The molecule has 0 unspecified atom stereocenters. The van der Waals surface area contributed by atoms with Crippen LogP contribution >= 0.6 is 0 Å². The summed E-state index contributed by atoms with van der Waals surface area (Å²) in [5.74, 6) is -0.0549. The average molecular weight is 665 g/mol. The molecule has 44 heavy (non-hydrogen) atoms. The first-order valence-electron chi connectivity index (χ1n) is 11.9. The van der Waals surface area contributed by atoms with Crippen molar-refractivity contribution in [1.29, 1.82) is 0 Å². The Hall–Kier alpha value is -4.92. The number of hydrazine groups is 1. The molecule has 0 aliphatic carbocycles. The summed E-state index contributed by atoms with van der Waals surface area (Å²) in [5.41, 5.74) is 22.9. The minimum absolute atomic E-state index is 0.0372. The Kier molecular flexibility index (Phi) is 8.46. The van der Waals surface area contributed by atoms with E-state index in [-0.39, 0.29) is 21.4 Å². The van der Waals surface area contributed by atoms with E-state index < -0.39 is 51.6 Å². The molecule has 0 atom stereocenters. The van der Waals surface area contributed by atoms with Crippen molar-refractivity contribution in [3.63, 3.8) is 0 Å². The quantitative estimate of drug-likeness (QED) is 0.0545. The van der Waals surface area contributed by atoms with Crippen molar-refractivity contribution < 1.29 is 44.0 Å². The summed E-state index contributed by atoms with van der Waals surface area (Å²) in [6, 6.07) is 15.8. The van der Waals surface area contributed by atoms with Crippen LogP contribution in [0.4, 0.5) is 28.6 Å². The van der Waals surface area contributed by atoms with Crippen LogP contribution in [0.2, 0.25) is 0 Å². The van der Waals surface area contributed by atoms with Crippen molar-refractivity contribution in [3.05, 3.63) is 72.9 Å². The molecule has 16 nitrogen and oxygen atoms in total. The van der Waals surface area contributed by atoms with Crippen molar-refractivity contribution in [2.45, 2.75) is 14.7 Å². The molecule has 0 aliphatic rings. The van der Waals surface area contributed by atoms with Crippen LogP contribution in [-0.2, 0) is 30.4 Å². The number of hydrogen-bond donors (Lipinski definition) is 9. The van der Waals surface area contributed by atoms with Crippen molar-refractivity contribution in [3.8, 4) is 5.75 Å². The van der Waals surface area contributed by atoms with Crippen LogP contribution < -0.4 is 28.1 Å². The number of hydrogen-bond acceptors (Lipinski definition) is 13. The van der Waals surface area contributed by atoms with Crippen LogP contribution in [-0.4, -0.2) is 49.0 Å². The number of pyridine rings is 1. The van der Waals surface area contributed by atoms with E-state index in [4.69, 9.17) is 30.9 Å².